The van der Waals surface area contributed by atoms with Gasteiger partial charge in [0.1, 0.15) is 0 Å². The lowest BCUT2D eigenvalue weighted by atomic mass is 10.1. The standard InChI is InChI=1S/C22H36N4/c1-7-11-21(9-3)17-24-20(5)22-12-10-15-26(22)19(4)18-25(6)16-14-23-13-8-2/h7-9,11,22-24H,1-5,10,12-18H2,6H3/b21-11+. The van der Waals surface area contributed by atoms with E-state index in [0.717, 1.165) is 62.7 Å². The molecule has 1 heterocycles. The molecule has 4 heteroatoms. The van der Waals surface area contributed by atoms with Crippen molar-refractivity contribution in [2.45, 2.75) is 18.9 Å². The van der Waals surface area contributed by atoms with Gasteiger partial charge in [0.15, 0.2) is 0 Å². The number of nitrogens with zero attached hydrogens (tertiary/aromatic N) is 2. The molecule has 0 aromatic heterocycles. The first-order valence-electron chi connectivity index (χ1n) is 9.34. The lowest BCUT2D eigenvalue weighted by Crippen LogP contribution is -2.39. The summed E-state index contributed by atoms with van der Waals surface area (Å²) in [6.45, 7) is 25.3. The number of allylic oxidation sites excluding steroid dienone is 2. The van der Waals surface area contributed by atoms with Crippen molar-refractivity contribution < 1.29 is 0 Å². The van der Waals surface area contributed by atoms with E-state index in [-0.39, 0.29) is 0 Å². The Hall–Kier alpha value is -2.04. The fourth-order valence-corrected chi connectivity index (χ4v) is 3.15. The van der Waals surface area contributed by atoms with Crippen LogP contribution in [-0.4, -0.2) is 62.2 Å². The van der Waals surface area contributed by atoms with E-state index in [1.807, 2.05) is 18.2 Å². The van der Waals surface area contributed by atoms with Gasteiger partial charge in [0.05, 0.1) is 6.04 Å². The van der Waals surface area contributed by atoms with Crippen LogP contribution in [0.15, 0.2) is 74.2 Å². The summed E-state index contributed by atoms with van der Waals surface area (Å²) in [5, 5.41) is 6.78. The molecule has 1 saturated heterocycles. The van der Waals surface area contributed by atoms with Crippen molar-refractivity contribution in [3.63, 3.8) is 0 Å². The quantitative estimate of drug-likeness (QED) is 0.284. The topological polar surface area (TPSA) is 30.5 Å². The van der Waals surface area contributed by atoms with Crippen molar-refractivity contribution in [2.75, 3.05) is 46.3 Å². The fourth-order valence-electron chi connectivity index (χ4n) is 3.15. The first-order valence-corrected chi connectivity index (χ1v) is 9.34. The van der Waals surface area contributed by atoms with Crippen LogP contribution in [0.25, 0.3) is 0 Å². The van der Waals surface area contributed by atoms with Gasteiger partial charge in [-0.3, -0.25) is 4.90 Å². The molecule has 2 N–H and O–H groups in total. The lowest BCUT2D eigenvalue weighted by Gasteiger charge is -2.32. The summed E-state index contributed by atoms with van der Waals surface area (Å²) in [6.07, 6.45) is 9.77. The zero-order chi connectivity index (χ0) is 19.4. The predicted molar refractivity (Wildman–Crippen MR) is 115 cm³/mol. The number of likely N-dealkylation sites (N-methyl/N-ethyl adjacent to an activating group) is 1. The van der Waals surface area contributed by atoms with E-state index in [4.69, 9.17) is 0 Å². The molecule has 0 amide bonds. The van der Waals surface area contributed by atoms with Crippen molar-refractivity contribution in [1.82, 2.24) is 20.4 Å². The highest BCUT2D eigenvalue weighted by molar-refractivity contribution is 5.24. The summed E-state index contributed by atoms with van der Waals surface area (Å²) in [7, 11) is 2.13. The summed E-state index contributed by atoms with van der Waals surface area (Å²) in [5.41, 5.74) is 3.32. The molecule has 4 nitrogen and oxygen atoms in total. The number of hydrogen-bond acceptors (Lipinski definition) is 4. The Morgan fingerprint density at radius 1 is 1.27 bits per heavy atom. The van der Waals surface area contributed by atoms with Crippen molar-refractivity contribution in [2.24, 2.45) is 0 Å². The molecule has 26 heavy (non-hydrogen) atoms. The predicted octanol–water partition coefficient (Wildman–Crippen LogP) is 3.07. The maximum absolute atomic E-state index is 4.33. The molecule has 1 rings (SSSR count). The zero-order valence-electron chi connectivity index (χ0n) is 16.5. The van der Waals surface area contributed by atoms with Crippen molar-refractivity contribution >= 4 is 0 Å². The summed E-state index contributed by atoms with van der Waals surface area (Å²) < 4.78 is 0. The molecule has 144 valence electrons. The number of hydrogen-bond donors (Lipinski definition) is 2. The maximum atomic E-state index is 4.33. The van der Waals surface area contributed by atoms with Crippen LogP contribution in [0.1, 0.15) is 12.8 Å². The Labute approximate surface area is 160 Å². The zero-order valence-corrected chi connectivity index (χ0v) is 16.5. The Kier molecular flexibility index (Phi) is 10.4. The maximum Gasteiger partial charge on any atom is 0.0680 e. The molecule has 0 aromatic carbocycles. The van der Waals surface area contributed by atoms with Crippen molar-refractivity contribution in [3.8, 4) is 0 Å². The van der Waals surface area contributed by atoms with Gasteiger partial charge < -0.3 is 15.5 Å². The second-order valence-electron chi connectivity index (χ2n) is 6.71. The number of nitrogens with one attached hydrogen (secondary N) is 2. The van der Waals surface area contributed by atoms with Crippen LogP contribution < -0.4 is 10.6 Å². The molecule has 1 fully saturated rings. The average molecular weight is 357 g/mol. The van der Waals surface area contributed by atoms with Crippen LogP contribution in [0.3, 0.4) is 0 Å². The van der Waals surface area contributed by atoms with Gasteiger partial charge in [-0.1, -0.05) is 50.6 Å². The van der Waals surface area contributed by atoms with Gasteiger partial charge in [-0.25, -0.2) is 0 Å². The molecule has 0 spiro atoms. The van der Waals surface area contributed by atoms with Crippen LogP contribution in [0.5, 0.6) is 0 Å². The molecular weight excluding hydrogens is 320 g/mol. The second kappa shape index (κ2) is 12.3. The van der Waals surface area contributed by atoms with E-state index in [2.05, 4.69) is 60.4 Å². The Morgan fingerprint density at radius 2 is 2.04 bits per heavy atom. The van der Waals surface area contributed by atoms with Gasteiger partial charge in [0.2, 0.25) is 0 Å². The average Bonchev–Trinajstić information content (AvgIpc) is 3.12. The summed E-state index contributed by atoms with van der Waals surface area (Å²) in [6, 6.07) is 0.310. The molecule has 1 aliphatic heterocycles. The minimum atomic E-state index is 0.310. The van der Waals surface area contributed by atoms with Crippen molar-refractivity contribution in [3.05, 3.63) is 74.2 Å². The van der Waals surface area contributed by atoms with Crippen LogP contribution in [0.2, 0.25) is 0 Å². The van der Waals surface area contributed by atoms with Crippen LogP contribution >= 0.6 is 0 Å². The third-order valence-electron chi connectivity index (χ3n) is 4.59. The molecule has 0 saturated carbocycles. The van der Waals surface area contributed by atoms with E-state index in [0.29, 0.717) is 6.04 Å². The molecule has 0 aliphatic carbocycles. The van der Waals surface area contributed by atoms with Gasteiger partial charge in [-0.15, -0.1) is 6.58 Å². The molecule has 1 atom stereocenters. The fraction of sp³-hybridized carbons (Fsp3) is 0.455. The van der Waals surface area contributed by atoms with Crippen LogP contribution in [0.4, 0.5) is 0 Å². The van der Waals surface area contributed by atoms with E-state index in [1.165, 1.54) is 6.42 Å². The van der Waals surface area contributed by atoms with Crippen LogP contribution in [0, 0.1) is 0 Å². The van der Waals surface area contributed by atoms with Gasteiger partial charge >= 0.3 is 0 Å². The van der Waals surface area contributed by atoms with Gasteiger partial charge in [-0.05, 0) is 25.5 Å². The van der Waals surface area contributed by atoms with Gasteiger partial charge in [0, 0.05) is 50.7 Å². The largest absolute Gasteiger partial charge is 0.383 e. The number of likely N-dealkylation sites (tertiary alicyclic amines) is 1. The van der Waals surface area contributed by atoms with E-state index in [1.54, 1.807) is 6.08 Å². The van der Waals surface area contributed by atoms with Gasteiger partial charge in [-0.2, -0.15) is 0 Å². The smallest absolute Gasteiger partial charge is 0.0680 e. The highest BCUT2D eigenvalue weighted by Gasteiger charge is 2.27. The molecule has 0 aromatic rings. The summed E-state index contributed by atoms with van der Waals surface area (Å²) in [5.74, 6) is 0. The minimum absolute atomic E-state index is 0.310. The minimum Gasteiger partial charge on any atom is -0.383 e. The van der Waals surface area contributed by atoms with Gasteiger partial charge in [0.25, 0.3) is 0 Å². The Bertz CT molecular complexity index is 532. The Morgan fingerprint density at radius 3 is 2.69 bits per heavy atom. The van der Waals surface area contributed by atoms with E-state index < -0.39 is 0 Å². The highest BCUT2D eigenvalue weighted by Crippen LogP contribution is 2.25. The molecule has 0 radical (unpaired) electrons. The normalized spacial score (nSPS) is 17.2. The first kappa shape index (κ1) is 22.0. The molecule has 1 aliphatic rings. The summed E-state index contributed by atoms with van der Waals surface area (Å²) >= 11 is 0. The Balaban J connectivity index is 2.49. The second-order valence-corrected chi connectivity index (χ2v) is 6.71. The third kappa shape index (κ3) is 7.46. The molecule has 1 unspecified atom stereocenters. The van der Waals surface area contributed by atoms with E-state index in [9.17, 15) is 0 Å². The monoisotopic (exact) mass is 356 g/mol. The highest BCUT2D eigenvalue weighted by atomic mass is 15.2. The number of rotatable bonds is 14. The van der Waals surface area contributed by atoms with Crippen LogP contribution in [-0.2, 0) is 0 Å². The van der Waals surface area contributed by atoms with Crippen molar-refractivity contribution in [1.29, 1.82) is 0 Å². The molecule has 0 bridgehead atoms. The SMILES string of the molecule is C=C/C=C(\C=C)CNC(=C)C1CCCN1C(=C)CN(C)CCNCC=C. The lowest BCUT2D eigenvalue weighted by molar-refractivity contribution is 0.280. The van der Waals surface area contributed by atoms with E-state index >= 15 is 0 Å². The molecular formula is C22H36N4. The summed E-state index contributed by atoms with van der Waals surface area (Å²) in [4.78, 5) is 4.69. The third-order valence-corrected chi connectivity index (χ3v) is 4.59. The first-order chi connectivity index (χ1) is 12.5.